The van der Waals surface area contributed by atoms with E-state index < -0.39 is 56.8 Å². The molecule has 1 fully saturated rings. The van der Waals surface area contributed by atoms with E-state index in [2.05, 4.69) is 49.0 Å². The van der Waals surface area contributed by atoms with Gasteiger partial charge in [0.1, 0.15) is 36.6 Å². The molecule has 24 heavy (non-hydrogen) atoms. The Morgan fingerprint density at radius 3 is 1.08 bits per heavy atom. The molecule has 0 aromatic heterocycles. The number of aliphatic hydroxyl groups is 3. The first-order chi connectivity index (χ1) is 10.5. The van der Waals surface area contributed by atoms with Crippen LogP contribution < -0.4 is 0 Å². The van der Waals surface area contributed by atoms with Crippen molar-refractivity contribution >= 4 is 55.6 Å². The topological polar surface area (TPSA) is 210 Å². The van der Waals surface area contributed by atoms with Crippen LogP contribution in [-0.4, -0.2) is 81.3 Å². The van der Waals surface area contributed by atoms with E-state index in [1.54, 1.807) is 0 Å². The van der Waals surface area contributed by atoms with Gasteiger partial charge in [0.15, 0.2) is 0 Å². The number of hydrogen-bond acceptors (Lipinski definition) is 9. The van der Waals surface area contributed by atoms with Crippen LogP contribution in [0.25, 0.3) is 0 Å². The maximum atomic E-state index is 10.1. The van der Waals surface area contributed by atoms with Crippen molar-refractivity contribution in [3.05, 3.63) is 0 Å². The number of hydrogen-bond donors (Lipinski definition) is 9. The normalized spacial score (nSPS) is 35.9. The SMILES string of the molecule is O[C@@H]1[C@H](O)[C@H](OP(O)(O)=S)[C@@H](OP(O)(O)=S)[C@@H](O)[C@@H]1OP(O)(O)=S. The van der Waals surface area contributed by atoms with E-state index in [0.29, 0.717) is 0 Å². The van der Waals surface area contributed by atoms with Crippen molar-refractivity contribution in [1.82, 2.24) is 0 Å². The molecule has 0 saturated heterocycles. The summed E-state index contributed by atoms with van der Waals surface area (Å²) in [6, 6.07) is 0. The van der Waals surface area contributed by atoms with Crippen LogP contribution in [0.2, 0.25) is 0 Å². The van der Waals surface area contributed by atoms with Crippen LogP contribution in [-0.2, 0) is 49.0 Å². The molecule has 0 heterocycles. The summed E-state index contributed by atoms with van der Waals surface area (Å²) >= 11 is 12.6. The molecule has 0 aromatic carbocycles. The summed E-state index contributed by atoms with van der Waals surface area (Å²) in [5.74, 6) is 0. The highest BCUT2D eigenvalue weighted by Crippen LogP contribution is 2.49. The molecule has 0 aliphatic heterocycles. The van der Waals surface area contributed by atoms with E-state index in [-0.39, 0.29) is 0 Å². The summed E-state index contributed by atoms with van der Waals surface area (Å²) in [4.78, 5) is 55.1. The molecule has 1 rings (SSSR count). The van der Waals surface area contributed by atoms with Gasteiger partial charge in [0.25, 0.3) is 0 Å². The molecular weight excluding hydrogens is 453 g/mol. The highest BCUT2D eigenvalue weighted by Gasteiger charge is 2.55. The third kappa shape index (κ3) is 7.24. The zero-order valence-corrected chi connectivity index (χ0v) is 16.4. The number of aliphatic hydroxyl groups excluding tert-OH is 3. The number of rotatable bonds is 6. The molecule has 6 atom stereocenters. The molecule has 0 unspecified atom stereocenters. The molecule has 12 nitrogen and oxygen atoms in total. The molecule has 18 heteroatoms. The molecule has 1 aliphatic carbocycles. The molecule has 0 amide bonds. The average molecular weight is 468 g/mol. The van der Waals surface area contributed by atoms with Gasteiger partial charge in [-0.1, -0.05) is 0 Å². The summed E-state index contributed by atoms with van der Waals surface area (Å²) in [7, 11) is 0. The smallest absolute Gasteiger partial charge is 0.322 e. The summed E-state index contributed by atoms with van der Waals surface area (Å²) in [5.41, 5.74) is 0. The van der Waals surface area contributed by atoms with E-state index in [1.165, 1.54) is 0 Å². The monoisotopic (exact) mass is 468 g/mol. The Labute approximate surface area is 150 Å². The third-order valence-electron chi connectivity index (χ3n) is 2.80. The van der Waals surface area contributed by atoms with E-state index in [1.807, 2.05) is 0 Å². The van der Waals surface area contributed by atoms with Crippen LogP contribution in [0.5, 0.6) is 0 Å². The molecule has 0 spiro atoms. The lowest BCUT2D eigenvalue weighted by Crippen LogP contribution is -2.65. The van der Waals surface area contributed by atoms with Gasteiger partial charge in [0.05, 0.1) is 0 Å². The minimum Gasteiger partial charge on any atom is -0.387 e. The second-order valence-corrected chi connectivity index (χ2v) is 12.5. The van der Waals surface area contributed by atoms with Crippen LogP contribution in [0.4, 0.5) is 0 Å². The summed E-state index contributed by atoms with van der Waals surface area (Å²) in [6.45, 7) is -13.4. The fraction of sp³-hybridized carbons (Fsp3) is 1.00. The largest absolute Gasteiger partial charge is 0.387 e. The fourth-order valence-electron chi connectivity index (χ4n) is 2.01. The summed E-state index contributed by atoms with van der Waals surface area (Å²) in [5, 5.41) is 30.0. The minimum absolute atomic E-state index is 1.96. The van der Waals surface area contributed by atoms with Gasteiger partial charge in [-0.2, -0.15) is 0 Å². The molecule has 144 valence electrons. The molecule has 1 saturated carbocycles. The maximum Gasteiger partial charge on any atom is 0.322 e. The first-order valence-electron chi connectivity index (χ1n) is 5.78. The van der Waals surface area contributed by atoms with Crippen molar-refractivity contribution in [2.45, 2.75) is 36.6 Å². The Kier molecular flexibility index (Phi) is 8.06. The quantitative estimate of drug-likeness (QED) is 0.176. The van der Waals surface area contributed by atoms with Crippen molar-refractivity contribution in [3.8, 4) is 0 Å². The molecule has 9 N–H and O–H groups in total. The molecular formula is C6H15O12P3S3. The fourth-order valence-corrected chi connectivity index (χ4v) is 4.60. The Balaban J connectivity index is 3.23. The first-order valence-corrected chi connectivity index (χ1v) is 13.7. The zero-order chi connectivity index (χ0) is 19.1. The lowest BCUT2D eigenvalue weighted by Gasteiger charge is -2.45. The van der Waals surface area contributed by atoms with Gasteiger partial charge in [-0.15, -0.1) is 0 Å². The Bertz CT molecular complexity index is 585. The lowest BCUT2D eigenvalue weighted by molar-refractivity contribution is -0.208. The third-order valence-corrected chi connectivity index (χ3v) is 5.13. The standard InChI is InChI=1S/C6H15O12P3S3/c7-1-2(8)5(17-20(12,13)23)6(18-21(14,15)24)3(9)4(1)16-19(10,11)22/h1-9H,(H2,10,11,22)(H2,12,13,23)(H2,14,15,24)/t1-,2+,3+,4-,5+,6+/m1/s1. The minimum atomic E-state index is -4.48. The van der Waals surface area contributed by atoms with Crippen molar-refractivity contribution in [2.24, 2.45) is 0 Å². The molecule has 0 aromatic rings. The van der Waals surface area contributed by atoms with Gasteiger partial charge in [-0.05, 0) is 35.4 Å². The van der Waals surface area contributed by atoms with Crippen LogP contribution >= 0.6 is 20.2 Å². The van der Waals surface area contributed by atoms with E-state index in [0.717, 1.165) is 0 Å². The van der Waals surface area contributed by atoms with Gasteiger partial charge < -0.3 is 44.7 Å². The molecule has 1 aliphatic rings. The van der Waals surface area contributed by atoms with Crippen molar-refractivity contribution < 1.29 is 58.3 Å². The van der Waals surface area contributed by atoms with E-state index >= 15 is 0 Å². The van der Waals surface area contributed by atoms with E-state index in [9.17, 15) is 34.9 Å². The summed E-state index contributed by atoms with van der Waals surface area (Å²) in [6.07, 6.45) is -12.2. The average Bonchev–Trinajstić information content (AvgIpc) is 2.32. The van der Waals surface area contributed by atoms with Gasteiger partial charge in [0.2, 0.25) is 0 Å². The zero-order valence-electron chi connectivity index (χ0n) is 11.3. The van der Waals surface area contributed by atoms with Crippen LogP contribution in [0.3, 0.4) is 0 Å². The van der Waals surface area contributed by atoms with Gasteiger partial charge in [-0.3, -0.25) is 13.6 Å². The highest BCUT2D eigenvalue weighted by molar-refractivity contribution is 8.07. The maximum absolute atomic E-state index is 10.1. The Morgan fingerprint density at radius 1 is 0.500 bits per heavy atom. The Morgan fingerprint density at radius 2 is 0.750 bits per heavy atom. The van der Waals surface area contributed by atoms with Gasteiger partial charge >= 0.3 is 20.2 Å². The van der Waals surface area contributed by atoms with Crippen LogP contribution in [0.15, 0.2) is 0 Å². The van der Waals surface area contributed by atoms with Crippen molar-refractivity contribution in [1.29, 1.82) is 0 Å². The predicted molar refractivity (Wildman–Crippen MR) is 88.8 cm³/mol. The first kappa shape index (κ1) is 23.5. The lowest BCUT2D eigenvalue weighted by atomic mass is 9.85. The van der Waals surface area contributed by atoms with Crippen molar-refractivity contribution in [2.75, 3.05) is 0 Å². The predicted octanol–water partition coefficient (Wildman–Crippen LogP) is -3.13. The second-order valence-electron chi connectivity index (χ2n) is 4.65. The molecule has 0 radical (unpaired) electrons. The second kappa shape index (κ2) is 8.23. The van der Waals surface area contributed by atoms with Gasteiger partial charge in [-0.25, -0.2) is 0 Å². The van der Waals surface area contributed by atoms with Crippen LogP contribution in [0.1, 0.15) is 0 Å². The summed E-state index contributed by atoms with van der Waals surface area (Å²) < 4.78 is 13.7. The highest BCUT2D eigenvalue weighted by atomic mass is 32.5. The van der Waals surface area contributed by atoms with E-state index in [4.69, 9.17) is 9.79 Å². The van der Waals surface area contributed by atoms with Gasteiger partial charge in [0, 0.05) is 0 Å². The molecule has 0 bridgehead atoms. The van der Waals surface area contributed by atoms with Crippen LogP contribution in [0, 0.1) is 0 Å². The Hall–Kier alpha value is 1.47. The van der Waals surface area contributed by atoms with Crippen molar-refractivity contribution in [3.63, 3.8) is 0 Å².